The van der Waals surface area contributed by atoms with Gasteiger partial charge in [-0.15, -0.1) is 0 Å². The molecule has 38 valence electrons. The molecule has 0 radical (unpaired) electrons. The summed E-state index contributed by atoms with van der Waals surface area (Å²) in [5.41, 5.74) is 0. The molecule has 0 fully saturated rings. The Morgan fingerprint density at radius 2 is 2.43 bits per heavy atom. The topological polar surface area (TPSA) is 59.2 Å². The minimum Gasteiger partial charge on any atom is -0.477 e. The predicted octanol–water partition coefficient (Wildman–Crippen LogP) is 0.0836. The monoisotopic (exact) mass is 100 g/mol. The van der Waals surface area contributed by atoms with E-state index < -0.39 is 0 Å². The van der Waals surface area contributed by atoms with Crippen molar-refractivity contribution in [3.8, 4) is 6.01 Å². The summed E-state index contributed by atoms with van der Waals surface area (Å²) in [7, 11) is 0. The van der Waals surface area contributed by atoms with Gasteiger partial charge in [-0.05, 0) is 5.16 Å². The number of aryl methyl sites for hydroxylation is 1. The quantitative estimate of drug-likeness (QED) is 0.501. The molecule has 4 nitrogen and oxygen atoms in total. The van der Waals surface area contributed by atoms with Crippen molar-refractivity contribution in [2.24, 2.45) is 0 Å². The van der Waals surface area contributed by atoms with Crippen LogP contribution in [0.5, 0.6) is 6.01 Å². The van der Waals surface area contributed by atoms with Crippen molar-refractivity contribution in [1.29, 1.82) is 0 Å². The molecule has 0 spiro atoms. The van der Waals surface area contributed by atoms with Gasteiger partial charge < -0.3 is 9.63 Å². The number of rotatable bonds is 0. The summed E-state index contributed by atoms with van der Waals surface area (Å²) >= 11 is 0. The molecule has 0 aliphatic carbocycles. The molecule has 0 bridgehead atoms. The van der Waals surface area contributed by atoms with Gasteiger partial charge in [-0.2, -0.15) is 4.98 Å². The lowest BCUT2D eigenvalue weighted by molar-refractivity contribution is 0.348. The van der Waals surface area contributed by atoms with Gasteiger partial charge in [-0.25, -0.2) is 0 Å². The molecule has 0 aromatic carbocycles. The summed E-state index contributed by atoms with van der Waals surface area (Å²) in [5.74, 6) is 0.373. The third kappa shape index (κ3) is 0.677. The molecule has 0 unspecified atom stereocenters. The summed E-state index contributed by atoms with van der Waals surface area (Å²) in [6.07, 6.45) is 0. The van der Waals surface area contributed by atoms with Gasteiger partial charge in [0, 0.05) is 6.92 Å². The van der Waals surface area contributed by atoms with Gasteiger partial charge in [0.05, 0.1) is 0 Å². The van der Waals surface area contributed by atoms with E-state index in [1.165, 1.54) is 0 Å². The van der Waals surface area contributed by atoms with Crippen LogP contribution in [-0.4, -0.2) is 15.2 Å². The third-order valence-electron chi connectivity index (χ3n) is 0.517. The lowest BCUT2D eigenvalue weighted by Crippen LogP contribution is -1.63. The molecule has 4 heteroatoms. The molecule has 0 atom stereocenters. The van der Waals surface area contributed by atoms with Crippen LogP contribution in [-0.2, 0) is 0 Å². The fraction of sp³-hybridized carbons (Fsp3) is 0.333. The molecule has 0 amide bonds. The van der Waals surface area contributed by atoms with Crippen molar-refractivity contribution < 1.29 is 9.63 Å². The van der Waals surface area contributed by atoms with Gasteiger partial charge in [0.1, 0.15) is 0 Å². The average molecular weight is 100 g/mol. The summed E-state index contributed by atoms with van der Waals surface area (Å²) < 4.78 is 4.35. The zero-order valence-corrected chi connectivity index (χ0v) is 3.75. The van der Waals surface area contributed by atoms with E-state index in [4.69, 9.17) is 5.11 Å². The SMILES string of the molecule is Cc1nc(O)no1. The number of hydrogen-bond donors (Lipinski definition) is 1. The fourth-order valence-electron chi connectivity index (χ4n) is 0.289. The highest BCUT2D eigenvalue weighted by Crippen LogP contribution is 1.97. The molecular weight excluding hydrogens is 96.0 g/mol. The van der Waals surface area contributed by atoms with E-state index in [-0.39, 0.29) is 6.01 Å². The molecule has 0 saturated heterocycles. The zero-order valence-electron chi connectivity index (χ0n) is 3.75. The number of hydrogen-bond acceptors (Lipinski definition) is 4. The van der Waals surface area contributed by atoms with Crippen LogP contribution >= 0.6 is 0 Å². The van der Waals surface area contributed by atoms with Crippen molar-refractivity contribution in [3.05, 3.63) is 5.89 Å². The second-order valence-corrected chi connectivity index (χ2v) is 1.11. The molecule has 1 heterocycles. The molecular formula is C3H4N2O2. The van der Waals surface area contributed by atoms with Gasteiger partial charge in [-0.3, -0.25) is 0 Å². The Balaban J connectivity index is 3.04. The van der Waals surface area contributed by atoms with E-state index in [0.29, 0.717) is 5.89 Å². The van der Waals surface area contributed by atoms with Gasteiger partial charge in [0.15, 0.2) is 0 Å². The van der Waals surface area contributed by atoms with Crippen molar-refractivity contribution in [3.63, 3.8) is 0 Å². The molecule has 1 rings (SSSR count). The molecule has 1 aromatic heterocycles. The molecule has 1 N–H and O–H groups in total. The Bertz CT molecular complexity index is 143. The first-order valence-corrected chi connectivity index (χ1v) is 1.78. The van der Waals surface area contributed by atoms with Crippen LogP contribution in [0, 0.1) is 6.92 Å². The minimum absolute atomic E-state index is 0.308. The van der Waals surface area contributed by atoms with E-state index in [9.17, 15) is 0 Å². The lowest BCUT2D eigenvalue weighted by atomic mass is 10.8. The van der Waals surface area contributed by atoms with E-state index >= 15 is 0 Å². The predicted molar refractivity (Wildman–Crippen MR) is 20.7 cm³/mol. The Kier molecular flexibility index (Phi) is 0.714. The first-order valence-electron chi connectivity index (χ1n) is 1.78. The number of aromatic nitrogens is 2. The van der Waals surface area contributed by atoms with Crippen molar-refractivity contribution >= 4 is 0 Å². The summed E-state index contributed by atoms with van der Waals surface area (Å²) in [6, 6.07) is -0.308. The van der Waals surface area contributed by atoms with Gasteiger partial charge in [0.25, 0.3) is 0 Å². The summed E-state index contributed by atoms with van der Waals surface area (Å²) in [4.78, 5) is 3.39. The molecule has 0 saturated carbocycles. The van der Waals surface area contributed by atoms with Gasteiger partial charge in [-0.1, -0.05) is 0 Å². The molecule has 0 aliphatic rings. The maximum absolute atomic E-state index is 8.34. The normalized spacial score (nSPS) is 9.29. The van der Waals surface area contributed by atoms with Crippen LogP contribution in [0.1, 0.15) is 5.89 Å². The number of aromatic hydroxyl groups is 1. The first kappa shape index (κ1) is 4.11. The van der Waals surface area contributed by atoms with E-state index in [1.807, 2.05) is 0 Å². The molecule has 1 aromatic rings. The van der Waals surface area contributed by atoms with Crippen molar-refractivity contribution in [1.82, 2.24) is 10.1 Å². The lowest BCUT2D eigenvalue weighted by Gasteiger charge is -1.64. The van der Waals surface area contributed by atoms with Crippen LogP contribution in [0.25, 0.3) is 0 Å². The van der Waals surface area contributed by atoms with Crippen LogP contribution in [0.2, 0.25) is 0 Å². The summed E-state index contributed by atoms with van der Waals surface area (Å²) in [5, 5.41) is 11.4. The number of nitrogens with zero attached hydrogens (tertiary/aromatic N) is 2. The van der Waals surface area contributed by atoms with Crippen molar-refractivity contribution in [2.45, 2.75) is 6.92 Å². The van der Waals surface area contributed by atoms with Crippen LogP contribution in [0.3, 0.4) is 0 Å². The highest BCUT2D eigenvalue weighted by Gasteiger charge is 1.93. The standard InChI is InChI=1S/C3H4N2O2/c1-2-4-3(6)5-7-2/h1H3,(H,5,6). The Morgan fingerprint density at radius 3 is 2.57 bits per heavy atom. The Hall–Kier alpha value is -1.06. The van der Waals surface area contributed by atoms with E-state index in [1.54, 1.807) is 6.92 Å². The Labute approximate surface area is 39.8 Å². The minimum atomic E-state index is -0.308. The highest BCUT2D eigenvalue weighted by atomic mass is 16.5. The average Bonchev–Trinajstić information content (AvgIpc) is 1.87. The van der Waals surface area contributed by atoms with E-state index in [2.05, 4.69) is 14.7 Å². The smallest absolute Gasteiger partial charge is 0.351 e. The zero-order chi connectivity index (χ0) is 5.28. The highest BCUT2D eigenvalue weighted by molar-refractivity contribution is 4.84. The van der Waals surface area contributed by atoms with Crippen molar-refractivity contribution in [2.75, 3.05) is 0 Å². The van der Waals surface area contributed by atoms with Crippen LogP contribution in [0.4, 0.5) is 0 Å². The maximum Gasteiger partial charge on any atom is 0.351 e. The summed E-state index contributed by atoms with van der Waals surface area (Å²) in [6.45, 7) is 1.60. The third-order valence-corrected chi connectivity index (χ3v) is 0.517. The first-order chi connectivity index (χ1) is 3.29. The molecule has 7 heavy (non-hydrogen) atoms. The second-order valence-electron chi connectivity index (χ2n) is 1.11. The molecule has 0 aliphatic heterocycles. The fourth-order valence-corrected chi connectivity index (χ4v) is 0.289. The van der Waals surface area contributed by atoms with Gasteiger partial charge in [0.2, 0.25) is 5.89 Å². The van der Waals surface area contributed by atoms with Gasteiger partial charge >= 0.3 is 6.01 Å². The second kappa shape index (κ2) is 1.22. The maximum atomic E-state index is 8.34. The van der Waals surface area contributed by atoms with E-state index in [0.717, 1.165) is 0 Å². The largest absolute Gasteiger partial charge is 0.477 e. The van der Waals surface area contributed by atoms with Crippen LogP contribution in [0.15, 0.2) is 4.52 Å². The Morgan fingerprint density at radius 1 is 1.71 bits per heavy atom. The van der Waals surface area contributed by atoms with Crippen LogP contribution < -0.4 is 0 Å².